The second kappa shape index (κ2) is 6.88. The molecule has 150 valence electrons. The smallest absolute Gasteiger partial charge is 0.228 e. The van der Waals surface area contributed by atoms with E-state index in [-0.39, 0.29) is 23.9 Å². The van der Waals surface area contributed by atoms with Crippen molar-refractivity contribution in [1.82, 2.24) is 24.9 Å². The van der Waals surface area contributed by atoms with E-state index in [1.165, 1.54) is 0 Å². The highest BCUT2D eigenvalue weighted by atomic mass is 19.1. The summed E-state index contributed by atoms with van der Waals surface area (Å²) in [7, 11) is 1.89. The number of nitrogens with one attached hydrogen (secondary N) is 1. The zero-order valence-corrected chi connectivity index (χ0v) is 16.3. The summed E-state index contributed by atoms with van der Waals surface area (Å²) in [4.78, 5) is 14.7. The fraction of sp³-hybridized carbons (Fsp3) is 0.429. The summed E-state index contributed by atoms with van der Waals surface area (Å²) in [5.41, 5.74) is 3.07. The lowest BCUT2D eigenvalue weighted by atomic mass is 9.57. The molecule has 1 aliphatic carbocycles. The SMILES string of the molecule is Cn1cc(-c2ccc3nnc(NC(=O)C4CC5(C4)CN(CCF)C5)cc3c2)cn1. The molecule has 2 aliphatic rings. The second-order valence-electron chi connectivity index (χ2n) is 8.40. The van der Waals surface area contributed by atoms with Crippen molar-refractivity contribution in [3.8, 4) is 11.1 Å². The fourth-order valence-electron chi connectivity index (χ4n) is 4.69. The molecule has 0 bridgehead atoms. The summed E-state index contributed by atoms with van der Waals surface area (Å²) in [5.74, 6) is 0.470. The number of aryl methyl sites for hydroxylation is 1. The minimum atomic E-state index is -0.302. The molecule has 1 N–H and O–H groups in total. The molecule has 1 aliphatic heterocycles. The minimum Gasteiger partial charge on any atom is -0.309 e. The summed E-state index contributed by atoms with van der Waals surface area (Å²) in [5, 5.41) is 16.4. The number of amides is 1. The molecule has 0 unspecified atom stereocenters. The van der Waals surface area contributed by atoms with Crippen LogP contribution >= 0.6 is 0 Å². The van der Waals surface area contributed by atoms with Gasteiger partial charge in [0.2, 0.25) is 5.91 Å². The summed E-state index contributed by atoms with van der Waals surface area (Å²) in [6, 6.07) is 7.81. The number of anilines is 1. The standard InChI is InChI=1S/C21H23FN6O/c1-27-11-17(10-23-27)14-2-3-18-15(6-14)7-19(26-25-18)24-20(29)16-8-21(9-16)12-28(13-21)5-4-22/h2-3,6-7,10-11,16H,4-5,8-9,12-13H2,1H3,(H,24,26,29). The molecule has 0 atom stereocenters. The van der Waals surface area contributed by atoms with Gasteiger partial charge in [0.15, 0.2) is 5.82 Å². The highest BCUT2D eigenvalue weighted by Crippen LogP contribution is 2.52. The average molecular weight is 394 g/mol. The first kappa shape index (κ1) is 18.2. The maximum atomic E-state index is 12.6. The molecular formula is C21H23FN6O. The monoisotopic (exact) mass is 394 g/mol. The van der Waals surface area contributed by atoms with Gasteiger partial charge < -0.3 is 5.32 Å². The molecular weight excluding hydrogens is 371 g/mol. The van der Waals surface area contributed by atoms with Crippen molar-refractivity contribution in [2.24, 2.45) is 18.4 Å². The Hall–Kier alpha value is -2.87. The lowest BCUT2D eigenvalue weighted by molar-refractivity contribution is -0.139. The topological polar surface area (TPSA) is 75.9 Å². The van der Waals surface area contributed by atoms with E-state index in [1.54, 1.807) is 4.68 Å². The highest BCUT2D eigenvalue weighted by Gasteiger charge is 2.53. The zero-order valence-electron chi connectivity index (χ0n) is 16.3. The maximum absolute atomic E-state index is 12.6. The van der Waals surface area contributed by atoms with E-state index >= 15 is 0 Å². The second-order valence-corrected chi connectivity index (χ2v) is 8.40. The summed E-state index contributed by atoms with van der Waals surface area (Å²) < 4.78 is 14.2. The number of rotatable bonds is 5. The zero-order chi connectivity index (χ0) is 20.0. The number of benzene rings is 1. The van der Waals surface area contributed by atoms with Gasteiger partial charge in [-0.25, -0.2) is 4.39 Å². The first-order chi connectivity index (χ1) is 14.0. The van der Waals surface area contributed by atoms with Gasteiger partial charge in [-0.2, -0.15) is 5.10 Å². The van der Waals surface area contributed by atoms with Crippen LogP contribution in [-0.2, 0) is 11.8 Å². The van der Waals surface area contributed by atoms with Gasteiger partial charge in [0, 0.05) is 49.7 Å². The van der Waals surface area contributed by atoms with Crippen molar-refractivity contribution >= 4 is 22.6 Å². The van der Waals surface area contributed by atoms with Gasteiger partial charge >= 0.3 is 0 Å². The van der Waals surface area contributed by atoms with Crippen molar-refractivity contribution in [3.63, 3.8) is 0 Å². The lowest BCUT2D eigenvalue weighted by Crippen LogP contribution is -2.63. The predicted octanol–water partition coefficient (Wildman–Crippen LogP) is 2.65. The molecule has 8 heteroatoms. The van der Waals surface area contributed by atoms with E-state index in [2.05, 4.69) is 25.5 Å². The number of nitrogens with zero attached hydrogens (tertiary/aromatic N) is 5. The molecule has 1 aromatic carbocycles. The van der Waals surface area contributed by atoms with Gasteiger partial charge in [0.25, 0.3) is 0 Å². The van der Waals surface area contributed by atoms with E-state index in [0.29, 0.717) is 12.4 Å². The van der Waals surface area contributed by atoms with Crippen LogP contribution in [-0.4, -0.2) is 57.1 Å². The number of carbonyl (C=O) groups is 1. The number of halogens is 1. The number of alkyl halides is 1. The van der Waals surface area contributed by atoms with E-state index in [9.17, 15) is 9.18 Å². The van der Waals surface area contributed by atoms with Gasteiger partial charge in [-0.15, -0.1) is 10.2 Å². The Morgan fingerprint density at radius 1 is 1.24 bits per heavy atom. The molecule has 1 saturated carbocycles. The van der Waals surface area contributed by atoms with Crippen LogP contribution in [0.5, 0.6) is 0 Å². The maximum Gasteiger partial charge on any atom is 0.228 e. The largest absolute Gasteiger partial charge is 0.309 e. The van der Waals surface area contributed by atoms with Crippen molar-refractivity contribution < 1.29 is 9.18 Å². The van der Waals surface area contributed by atoms with Crippen molar-refractivity contribution in [2.45, 2.75) is 12.8 Å². The molecule has 1 saturated heterocycles. The Bertz CT molecular complexity index is 1070. The van der Waals surface area contributed by atoms with E-state index < -0.39 is 0 Å². The molecule has 1 amide bonds. The van der Waals surface area contributed by atoms with Crippen molar-refractivity contribution in [2.75, 3.05) is 31.6 Å². The van der Waals surface area contributed by atoms with Crippen LogP contribution in [0.1, 0.15) is 12.8 Å². The Kier molecular flexibility index (Phi) is 4.31. The number of likely N-dealkylation sites (tertiary alicyclic amines) is 1. The van der Waals surface area contributed by atoms with Gasteiger partial charge in [-0.3, -0.25) is 14.4 Å². The summed E-state index contributed by atoms with van der Waals surface area (Å²) >= 11 is 0. The molecule has 7 nitrogen and oxygen atoms in total. The van der Waals surface area contributed by atoms with E-state index in [0.717, 1.165) is 48.0 Å². The van der Waals surface area contributed by atoms with Gasteiger partial charge in [0.05, 0.1) is 11.7 Å². The van der Waals surface area contributed by atoms with Crippen molar-refractivity contribution in [3.05, 3.63) is 36.7 Å². The number of hydrogen-bond donors (Lipinski definition) is 1. The first-order valence-corrected chi connectivity index (χ1v) is 9.89. The van der Waals surface area contributed by atoms with Crippen LogP contribution in [0.2, 0.25) is 0 Å². The Labute approximate surface area is 167 Å². The molecule has 1 spiro atoms. The molecule has 0 radical (unpaired) electrons. The summed E-state index contributed by atoms with van der Waals surface area (Å²) in [6.07, 6.45) is 5.52. The van der Waals surface area contributed by atoms with Crippen LogP contribution in [0.3, 0.4) is 0 Å². The Morgan fingerprint density at radius 3 is 2.79 bits per heavy atom. The molecule has 2 fully saturated rings. The normalized spacial score (nSPS) is 18.6. The average Bonchev–Trinajstić information content (AvgIpc) is 3.08. The van der Waals surface area contributed by atoms with Crippen LogP contribution in [0.25, 0.3) is 22.0 Å². The van der Waals surface area contributed by atoms with Gasteiger partial charge in [-0.1, -0.05) is 6.07 Å². The number of fused-ring (bicyclic) bond motifs is 1. The highest BCUT2D eigenvalue weighted by molar-refractivity contribution is 5.94. The predicted molar refractivity (Wildman–Crippen MR) is 108 cm³/mol. The fourth-order valence-corrected chi connectivity index (χ4v) is 4.69. The van der Waals surface area contributed by atoms with Crippen LogP contribution < -0.4 is 5.32 Å². The number of aromatic nitrogens is 4. The van der Waals surface area contributed by atoms with Crippen LogP contribution in [0, 0.1) is 11.3 Å². The van der Waals surface area contributed by atoms with E-state index in [4.69, 9.17) is 0 Å². The van der Waals surface area contributed by atoms with Gasteiger partial charge in [-0.05, 0) is 42.0 Å². The number of hydrogen-bond acceptors (Lipinski definition) is 5. The third kappa shape index (κ3) is 3.37. The third-order valence-corrected chi connectivity index (χ3v) is 6.12. The molecule has 29 heavy (non-hydrogen) atoms. The Morgan fingerprint density at radius 2 is 2.07 bits per heavy atom. The van der Waals surface area contributed by atoms with E-state index in [1.807, 2.05) is 43.7 Å². The molecule has 3 heterocycles. The quantitative estimate of drug-likeness (QED) is 0.720. The third-order valence-electron chi connectivity index (χ3n) is 6.12. The van der Waals surface area contributed by atoms with Crippen LogP contribution in [0.4, 0.5) is 10.2 Å². The number of carbonyl (C=O) groups excluding carboxylic acids is 1. The molecule has 2 aromatic heterocycles. The van der Waals surface area contributed by atoms with Crippen LogP contribution in [0.15, 0.2) is 36.7 Å². The first-order valence-electron chi connectivity index (χ1n) is 9.89. The Balaban J connectivity index is 1.25. The molecule has 3 aromatic rings. The van der Waals surface area contributed by atoms with Crippen molar-refractivity contribution in [1.29, 1.82) is 0 Å². The minimum absolute atomic E-state index is 0.00162. The summed E-state index contributed by atoms with van der Waals surface area (Å²) in [6.45, 7) is 2.02. The molecule has 5 rings (SSSR count). The lowest BCUT2D eigenvalue weighted by Gasteiger charge is -2.58. The van der Waals surface area contributed by atoms with Gasteiger partial charge in [0.1, 0.15) is 6.67 Å².